The molecule has 17 heavy (non-hydrogen) atoms. The smallest absolute Gasteiger partial charge is 0.310 e. The van der Waals surface area contributed by atoms with E-state index in [1.165, 1.54) is 7.11 Å². The summed E-state index contributed by atoms with van der Waals surface area (Å²) < 4.78 is 15.2. The molecule has 0 saturated heterocycles. The van der Waals surface area contributed by atoms with E-state index in [0.717, 1.165) is 11.3 Å². The molecular weight excluding hydrogens is 220 g/mol. The summed E-state index contributed by atoms with van der Waals surface area (Å²) in [5.41, 5.74) is 1.02. The SMILES string of the molecule is COC(=O)C(C)COCc1cccc(OC)c1. The van der Waals surface area contributed by atoms with Crippen molar-refractivity contribution in [1.29, 1.82) is 0 Å². The molecule has 0 amide bonds. The third kappa shape index (κ3) is 4.44. The predicted molar refractivity (Wildman–Crippen MR) is 63.8 cm³/mol. The molecule has 0 fully saturated rings. The van der Waals surface area contributed by atoms with E-state index in [2.05, 4.69) is 4.74 Å². The van der Waals surface area contributed by atoms with Crippen molar-refractivity contribution >= 4 is 5.97 Å². The van der Waals surface area contributed by atoms with Crippen LogP contribution in [0.4, 0.5) is 0 Å². The van der Waals surface area contributed by atoms with Gasteiger partial charge in [-0.1, -0.05) is 12.1 Å². The zero-order chi connectivity index (χ0) is 12.7. The van der Waals surface area contributed by atoms with Crippen LogP contribution in [-0.2, 0) is 20.9 Å². The molecule has 0 spiro atoms. The van der Waals surface area contributed by atoms with Crippen molar-refractivity contribution in [3.63, 3.8) is 0 Å². The van der Waals surface area contributed by atoms with Crippen LogP contribution in [0.3, 0.4) is 0 Å². The van der Waals surface area contributed by atoms with Gasteiger partial charge in [-0.3, -0.25) is 4.79 Å². The summed E-state index contributed by atoms with van der Waals surface area (Å²) >= 11 is 0. The van der Waals surface area contributed by atoms with Crippen LogP contribution in [0, 0.1) is 5.92 Å². The van der Waals surface area contributed by atoms with Crippen molar-refractivity contribution in [2.45, 2.75) is 13.5 Å². The number of hydrogen-bond acceptors (Lipinski definition) is 4. The van der Waals surface area contributed by atoms with Gasteiger partial charge in [0.15, 0.2) is 0 Å². The van der Waals surface area contributed by atoms with E-state index in [-0.39, 0.29) is 11.9 Å². The van der Waals surface area contributed by atoms with Gasteiger partial charge in [-0.05, 0) is 24.6 Å². The van der Waals surface area contributed by atoms with Crippen molar-refractivity contribution in [2.75, 3.05) is 20.8 Å². The molecule has 0 N–H and O–H groups in total. The fourth-order valence-electron chi connectivity index (χ4n) is 1.39. The maximum Gasteiger partial charge on any atom is 0.310 e. The Hall–Kier alpha value is -1.55. The lowest BCUT2D eigenvalue weighted by Gasteiger charge is -2.10. The Morgan fingerprint density at radius 2 is 2.12 bits per heavy atom. The molecule has 4 heteroatoms. The minimum absolute atomic E-state index is 0.245. The van der Waals surface area contributed by atoms with Crippen LogP contribution in [0.2, 0.25) is 0 Å². The summed E-state index contributed by atoms with van der Waals surface area (Å²) in [6, 6.07) is 7.63. The Balaban J connectivity index is 2.37. The second-order valence-corrected chi connectivity index (χ2v) is 3.79. The Morgan fingerprint density at radius 3 is 2.76 bits per heavy atom. The number of esters is 1. The maximum atomic E-state index is 11.1. The second-order valence-electron chi connectivity index (χ2n) is 3.79. The Kier molecular flexibility index (Phi) is 5.49. The van der Waals surface area contributed by atoms with E-state index in [0.29, 0.717) is 13.2 Å². The highest BCUT2D eigenvalue weighted by atomic mass is 16.5. The van der Waals surface area contributed by atoms with E-state index < -0.39 is 0 Å². The lowest BCUT2D eigenvalue weighted by Crippen LogP contribution is -2.18. The number of methoxy groups -OCH3 is 2. The first kappa shape index (κ1) is 13.5. The molecule has 94 valence electrons. The monoisotopic (exact) mass is 238 g/mol. The third-order valence-corrected chi connectivity index (χ3v) is 2.37. The molecule has 0 bridgehead atoms. The van der Waals surface area contributed by atoms with Gasteiger partial charge in [0, 0.05) is 0 Å². The zero-order valence-electron chi connectivity index (χ0n) is 10.4. The molecule has 4 nitrogen and oxygen atoms in total. The summed E-state index contributed by atoms with van der Waals surface area (Å²) in [7, 11) is 3.00. The fourth-order valence-corrected chi connectivity index (χ4v) is 1.39. The Bertz CT molecular complexity index is 362. The first-order valence-electron chi connectivity index (χ1n) is 5.46. The summed E-state index contributed by atoms with van der Waals surface area (Å²) in [5, 5.41) is 0. The molecular formula is C13H18O4. The molecule has 0 aliphatic heterocycles. The maximum absolute atomic E-state index is 11.1. The van der Waals surface area contributed by atoms with Gasteiger partial charge in [0.25, 0.3) is 0 Å². The van der Waals surface area contributed by atoms with Crippen LogP contribution >= 0.6 is 0 Å². The first-order chi connectivity index (χ1) is 8.17. The summed E-state index contributed by atoms with van der Waals surface area (Å²) in [5.74, 6) is 0.299. The van der Waals surface area contributed by atoms with Crippen LogP contribution in [0.5, 0.6) is 5.75 Å². The lowest BCUT2D eigenvalue weighted by molar-refractivity contribution is -0.147. The Morgan fingerprint density at radius 1 is 1.35 bits per heavy atom. The van der Waals surface area contributed by atoms with E-state index in [4.69, 9.17) is 9.47 Å². The molecule has 0 aliphatic rings. The lowest BCUT2D eigenvalue weighted by atomic mass is 10.2. The van der Waals surface area contributed by atoms with Crippen LogP contribution in [0.15, 0.2) is 24.3 Å². The van der Waals surface area contributed by atoms with Gasteiger partial charge in [-0.2, -0.15) is 0 Å². The molecule has 0 aromatic heterocycles. The average Bonchev–Trinajstić information content (AvgIpc) is 2.37. The number of rotatable bonds is 6. The number of carbonyl (C=O) groups is 1. The molecule has 0 saturated carbocycles. The van der Waals surface area contributed by atoms with Crippen LogP contribution in [0.1, 0.15) is 12.5 Å². The predicted octanol–water partition coefficient (Wildman–Crippen LogP) is 2.02. The van der Waals surface area contributed by atoms with Crippen LogP contribution in [-0.4, -0.2) is 26.8 Å². The van der Waals surface area contributed by atoms with E-state index >= 15 is 0 Å². The normalized spacial score (nSPS) is 11.9. The van der Waals surface area contributed by atoms with Gasteiger partial charge >= 0.3 is 5.97 Å². The van der Waals surface area contributed by atoms with Gasteiger partial charge in [0.05, 0.1) is 33.4 Å². The van der Waals surface area contributed by atoms with Gasteiger partial charge in [0.1, 0.15) is 5.75 Å². The van der Waals surface area contributed by atoms with Gasteiger partial charge < -0.3 is 14.2 Å². The first-order valence-corrected chi connectivity index (χ1v) is 5.46. The molecule has 1 rings (SSSR count). The zero-order valence-corrected chi connectivity index (χ0v) is 10.4. The van der Waals surface area contributed by atoms with Gasteiger partial charge in [-0.25, -0.2) is 0 Å². The molecule has 0 radical (unpaired) electrons. The number of hydrogen-bond donors (Lipinski definition) is 0. The highest BCUT2D eigenvalue weighted by Crippen LogP contribution is 2.13. The molecule has 1 aromatic rings. The quantitative estimate of drug-likeness (QED) is 0.711. The standard InChI is InChI=1S/C13H18O4/c1-10(13(14)16-3)8-17-9-11-5-4-6-12(7-11)15-2/h4-7,10H,8-9H2,1-3H3. The number of benzene rings is 1. The average molecular weight is 238 g/mol. The molecule has 1 aromatic carbocycles. The van der Waals surface area contributed by atoms with Crippen LogP contribution < -0.4 is 4.74 Å². The van der Waals surface area contributed by atoms with Crippen molar-refractivity contribution in [3.05, 3.63) is 29.8 Å². The third-order valence-electron chi connectivity index (χ3n) is 2.37. The van der Waals surface area contributed by atoms with Crippen molar-refractivity contribution in [1.82, 2.24) is 0 Å². The highest BCUT2D eigenvalue weighted by molar-refractivity contribution is 5.71. The van der Waals surface area contributed by atoms with Gasteiger partial charge in [0.2, 0.25) is 0 Å². The van der Waals surface area contributed by atoms with E-state index in [9.17, 15) is 4.79 Å². The summed E-state index contributed by atoms with van der Waals surface area (Å²) in [6.45, 7) is 2.58. The molecule has 0 heterocycles. The van der Waals surface area contributed by atoms with E-state index in [1.54, 1.807) is 14.0 Å². The van der Waals surface area contributed by atoms with E-state index in [1.807, 2.05) is 24.3 Å². The number of carbonyl (C=O) groups excluding carboxylic acids is 1. The fraction of sp³-hybridized carbons (Fsp3) is 0.462. The summed E-state index contributed by atoms with van der Waals surface area (Å²) in [4.78, 5) is 11.1. The number of ether oxygens (including phenoxy) is 3. The van der Waals surface area contributed by atoms with Crippen molar-refractivity contribution in [3.8, 4) is 5.75 Å². The van der Waals surface area contributed by atoms with Crippen LogP contribution in [0.25, 0.3) is 0 Å². The topological polar surface area (TPSA) is 44.8 Å². The minimum Gasteiger partial charge on any atom is -0.497 e. The molecule has 0 aliphatic carbocycles. The minimum atomic E-state index is -0.254. The molecule has 1 unspecified atom stereocenters. The second kappa shape index (κ2) is 6.91. The largest absolute Gasteiger partial charge is 0.497 e. The highest BCUT2D eigenvalue weighted by Gasteiger charge is 2.12. The Labute approximate surface area is 101 Å². The summed E-state index contributed by atoms with van der Waals surface area (Å²) in [6.07, 6.45) is 0. The molecule has 1 atom stereocenters. The van der Waals surface area contributed by atoms with Crippen molar-refractivity contribution in [2.24, 2.45) is 5.92 Å². The van der Waals surface area contributed by atoms with Crippen molar-refractivity contribution < 1.29 is 19.0 Å². The van der Waals surface area contributed by atoms with Gasteiger partial charge in [-0.15, -0.1) is 0 Å².